The summed E-state index contributed by atoms with van der Waals surface area (Å²) >= 11 is 0. The van der Waals surface area contributed by atoms with Crippen molar-refractivity contribution < 1.29 is 0 Å². The van der Waals surface area contributed by atoms with Gasteiger partial charge in [-0.3, -0.25) is 0 Å². The maximum atomic E-state index is 2.59. The molecule has 2 aliphatic carbocycles. The van der Waals surface area contributed by atoms with Gasteiger partial charge in [-0.1, -0.05) is 61.2 Å². The molecule has 2 aliphatic rings. The first-order chi connectivity index (χ1) is 10.7. The van der Waals surface area contributed by atoms with Gasteiger partial charge < -0.3 is 0 Å². The molecule has 0 aromatic heterocycles. The summed E-state index contributed by atoms with van der Waals surface area (Å²) in [6.45, 7) is 4.40. The zero-order chi connectivity index (χ0) is 15.4. The fraction of sp³-hybridized carbons (Fsp3) is 0.636. The summed E-state index contributed by atoms with van der Waals surface area (Å²) in [5, 5.41) is 0. The van der Waals surface area contributed by atoms with Gasteiger partial charge in [0.15, 0.2) is 0 Å². The van der Waals surface area contributed by atoms with Crippen molar-refractivity contribution in [2.45, 2.75) is 77.6 Å². The van der Waals surface area contributed by atoms with Gasteiger partial charge in [0.25, 0.3) is 0 Å². The average Bonchev–Trinajstić information content (AvgIpc) is 2.57. The third-order valence-electron chi connectivity index (χ3n) is 6.37. The third-order valence-corrected chi connectivity index (χ3v) is 6.37. The molecule has 0 heterocycles. The van der Waals surface area contributed by atoms with Crippen LogP contribution in [-0.4, -0.2) is 0 Å². The second-order valence-corrected chi connectivity index (χ2v) is 7.75. The Morgan fingerprint density at radius 1 is 0.909 bits per heavy atom. The van der Waals surface area contributed by atoms with E-state index in [9.17, 15) is 0 Å². The van der Waals surface area contributed by atoms with Crippen LogP contribution in [0.4, 0.5) is 0 Å². The lowest BCUT2D eigenvalue weighted by molar-refractivity contribution is 0.112. The summed E-state index contributed by atoms with van der Waals surface area (Å²) in [4.78, 5) is 0. The lowest BCUT2D eigenvalue weighted by Gasteiger charge is -2.45. The predicted octanol–water partition coefficient (Wildman–Crippen LogP) is 6.80. The molecule has 120 valence electrons. The molecule has 0 heteroatoms. The summed E-state index contributed by atoms with van der Waals surface area (Å²) < 4.78 is 0. The van der Waals surface area contributed by atoms with Crippen LogP contribution in [0, 0.1) is 18.3 Å². The molecule has 0 saturated heterocycles. The summed E-state index contributed by atoms with van der Waals surface area (Å²) in [7, 11) is 0. The van der Waals surface area contributed by atoms with Crippen LogP contribution in [0.5, 0.6) is 0 Å². The minimum Gasteiger partial charge on any atom is -0.0911 e. The highest BCUT2D eigenvalue weighted by atomic mass is 14.4. The number of allylic oxidation sites excluding steroid dienone is 2. The first-order valence-electron chi connectivity index (χ1n) is 9.44. The highest BCUT2D eigenvalue weighted by molar-refractivity contribution is 5.25. The minimum absolute atomic E-state index is 0.547. The Hall–Kier alpha value is -1.04. The molecular formula is C22H32. The second kappa shape index (κ2) is 7.02. The number of benzene rings is 1. The number of hydrogen-bond donors (Lipinski definition) is 0. The highest BCUT2D eigenvalue weighted by Gasteiger charge is 2.39. The molecular weight excluding hydrogens is 264 g/mol. The van der Waals surface area contributed by atoms with E-state index in [2.05, 4.69) is 50.3 Å². The van der Waals surface area contributed by atoms with Gasteiger partial charge >= 0.3 is 0 Å². The van der Waals surface area contributed by atoms with Gasteiger partial charge in [0.2, 0.25) is 0 Å². The van der Waals surface area contributed by atoms with E-state index in [0.717, 1.165) is 11.8 Å². The first-order valence-corrected chi connectivity index (χ1v) is 9.44. The van der Waals surface area contributed by atoms with Crippen molar-refractivity contribution in [2.75, 3.05) is 0 Å². The third kappa shape index (κ3) is 3.31. The lowest BCUT2D eigenvalue weighted by Crippen LogP contribution is -2.33. The summed E-state index contributed by atoms with van der Waals surface area (Å²) in [6, 6.07) is 9.29. The van der Waals surface area contributed by atoms with E-state index in [-0.39, 0.29) is 0 Å². The molecule has 0 amide bonds. The molecule has 0 nitrogen and oxygen atoms in total. The van der Waals surface area contributed by atoms with Crippen molar-refractivity contribution >= 4 is 0 Å². The van der Waals surface area contributed by atoms with Crippen LogP contribution in [-0.2, 0) is 0 Å². The number of aryl methyl sites for hydroxylation is 1. The molecule has 0 bridgehead atoms. The van der Waals surface area contributed by atoms with E-state index < -0.39 is 0 Å². The smallest absolute Gasteiger partial charge is 0.00901 e. The van der Waals surface area contributed by atoms with Crippen molar-refractivity contribution in [3.8, 4) is 0 Å². The van der Waals surface area contributed by atoms with Crippen molar-refractivity contribution in [3.05, 3.63) is 47.5 Å². The quantitative estimate of drug-likeness (QED) is 0.538. The van der Waals surface area contributed by atoms with Gasteiger partial charge in [-0.05, 0) is 75.2 Å². The van der Waals surface area contributed by atoms with Crippen LogP contribution < -0.4 is 0 Å². The van der Waals surface area contributed by atoms with E-state index in [1.807, 2.05) is 0 Å². The van der Waals surface area contributed by atoms with E-state index in [0.29, 0.717) is 5.41 Å². The summed E-state index contributed by atoms with van der Waals surface area (Å²) in [6.07, 6.45) is 17.8. The molecule has 0 atom stereocenters. The molecule has 0 unspecified atom stereocenters. The normalized spacial score (nSPS) is 28.8. The van der Waals surface area contributed by atoms with Crippen LogP contribution in [0.2, 0.25) is 0 Å². The van der Waals surface area contributed by atoms with Gasteiger partial charge in [-0.2, -0.15) is 0 Å². The summed E-state index contributed by atoms with van der Waals surface area (Å²) in [5.74, 6) is 1.74. The van der Waals surface area contributed by atoms with Crippen LogP contribution in [0.15, 0.2) is 36.4 Å². The van der Waals surface area contributed by atoms with Crippen LogP contribution in [0.1, 0.15) is 81.8 Å². The molecule has 0 spiro atoms. The van der Waals surface area contributed by atoms with Crippen molar-refractivity contribution in [3.63, 3.8) is 0 Å². The first kappa shape index (κ1) is 15.8. The standard InChI is InChI=1S/C22H32/c1-3-15-22(16-5-4-6-17-22)21-13-11-20(12-14-21)19-9-7-18(2)8-10-19/h3,7-10,15,20-21H,4-6,11-14,16-17H2,1-2H3/b15-3+. The second-order valence-electron chi connectivity index (χ2n) is 7.75. The predicted molar refractivity (Wildman–Crippen MR) is 96.2 cm³/mol. The Bertz CT molecular complexity index is 479. The molecule has 2 saturated carbocycles. The maximum Gasteiger partial charge on any atom is -0.00901 e. The van der Waals surface area contributed by atoms with Crippen LogP contribution in [0.3, 0.4) is 0 Å². The molecule has 2 fully saturated rings. The van der Waals surface area contributed by atoms with Gasteiger partial charge in [0.05, 0.1) is 0 Å². The monoisotopic (exact) mass is 296 g/mol. The van der Waals surface area contributed by atoms with Crippen molar-refractivity contribution in [2.24, 2.45) is 11.3 Å². The molecule has 0 radical (unpaired) electrons. The zero-order valence-electron chi connectivity index (χ0n) is 14.5. The fourth-order valence-electron chi connectivity index (χ4n) is 5.09. The lowest BCUT2D eigenvalue weighted by atomic mass is 9.60. The van der Waals surface area contributed by atoms with Crippen molar-refractivity contribution in [1.82, 2.24) is 0 Å². The molecule has 1 aromatic carbocycles. The van der Waals surface area contributed by atoms with Gasteiger partial charge in [0.1, 0.15) is 0 Å². The summed E-state index contributed by atoms with van der Waals surface area (Å²) in [5.41, 5.74) is 3.50. The Balaban J connectivity index is 1.66. The topological polar surface area (TPSA) is 0 Å². The van der Waals surface area contributed by atoms with E-state index >= 15 is 0 Å². The van der Waals surface area contributed by atoms with Crippen molar-refractivity contribution in [1.29, 1.82) is 0 Å². The van der Waals surface area contributed by atoms with Crippen LogP contribution in [0.25, 0.3) is 0 Å². The fourth-order valence-corrected chi connectivity index (χ4v) is 5.09. The van der Waals surface area contributed by atoms with E-state index in [1.165, 1.54) is 63.4 Å². The molecule has 0 N–H and O–H groups in total. The van der Waals surface area contributed by atoms with Gasteiger partial charge in [0, 0.05) is 0 Å². The number of hydrogen-bond acceptors (Lipinski definition) is 0. The Morgan fingerprint density at radius 3 is 2.14 bits per heavy atom. The SMILES string of the molecule is C/C=C/C1(C2CCC(c3ccc(C)cc3)CC2)CCCCC1. The Labute approximate surface area is 137 Å². The molecule has 3 rings (SSSR count). The van der Waals surface area contributed by atoms with Gasteiger partial charge in [-0.25, -0.2) is 0 Å². The number of rotatable bonds is 3. The highest BCUT2D eigenvalue weighted by Crippen LogP contribution is 2.51. The van der Waals surface area contributed by atoms with Gasteiger partial charge in [-0.15, -0.1) is 0 Å². The molecule has 22 heavy (non-hydrogen) atoms. The molecule has 0 aliphatic heterocycles. The average molecular weight is 296 g/mol. The Kier molecular flexibility index (Phi) is 5.06. The van der Waals surface area contributed by atoms with E-state index in [1.54, 1.807) is 5.56 Å². The Morgan fingerprint density at radius 2 is 1.55 bits per heavy atom. The largest absolute Gasteiger partial charge is 0.0911 e. The minimum atomic E-state index is 0.547. The van der Waals surface area contributed by atoms with Crippen LogP contribution >= 0.6 is 0 Å². The zero-order valence-corrected chi connectivity index (χ0v) is 14.5. The maximum absolute atomic E-state index is 2.59. The molecule has 1 aromatic rings. The van der Waals surface area contributed by atoms with E-state index in [4.69, 9.17) is 0 Å².